The number of halogens is 2. The second kappa shape index (κ2) is 68.6. The van der Waals surface area contributed by atoms with E-state index in [-0.39, 0.29) is 93.4 Å². The van der Waals surface area contributed by atoms with Gasteiger partial charge >= 0.3 is 92.7 Å². The fraction of sp³-hybridized carbons (Fsp3) is 0.222. The standard InChI is InChI=1S/C27H28O5.C21H22N2O2.C21H18O3.C16H16O4.C16H14O3.C14H14O2.2CH4.2ClH.Cu.Na.H2O.H2S5/c1-27(2,3)32-23(28)19-30-24(20-13-7-4-8-14-20)25(21-15-9-5-10-16-21)31-26(29)22-17-11-6-12-18-22;1-21(2,19-22-17(13-24-19)15-9-5-3-6-10-15)20-23-18(14-25-20)16-11-7-4-8-12-16;22-19(16-10-4-1-5-11-16)20(17-12-6-2-7-13-17)24-21(23)18-14-8-3-9-15-18;17-14(18)11-20-16(13-9-5-2-6-10-13)15(19)12-7-3-1-4-8-12;17-14-11-18-15(12-7-3-1-4-8-12)16(19-14)13-9-5-2-6-10-13;15-13(11-7-3-1-4-8-11)14(16)12-9-5-2-6-10-12;;;;;;;;1-3-5-4-2/h4-18,24-25H,19H2,1-3H3;3-12,17-18H,13-14H2,1-2H3;1-15,19-20,22H;1-10,15-16,19H,11H2,(H,17,18);1-10,15-16H,11H2;1-10,13-16H;2*1H4;2*1H;;;1H2;1-2H/q;;;;;;;;;;+2;+1;;/p-3/t24-,25+;17-,18-;;2*15-,16+;;;;;;;;;/m01.10........./s1. The Hall–Kier alpha value is -11.1. The molecule has 0 radical (unpaired) electrons. The number of ether oxygens (including phenoxy) is 9. The van der Waals surface area contributed by atoms with Crippen molar-refractivity contribution >= 4 is 115 Å². The maximum Gasteiger partial charge on any atom is 1.00 e. The largest absolute Gasteiger partial charge is 1.00 e. The van der Waals surface area contributed by atoms with Crippen LogP contribution in [0.15, 0.2) is 435 Å². The summed E-state index contributed by atoms with van der Waals surface area (Å²) in [6.07, 6.45) is -7.24. The van der Waals surface area contributed by atoms with Gasteiger partial charge in [-0.3, -0.25) is 0 Å². The zero-order valence-corrected chi connectivity index (χ0v) is 89.5. The minimum Gasteiger partial charge on any atom is -0.870 e. The van der Waals surface area contributed by atoms with Crippen LogP contribution in [0.25, 0.3) is 0 Å². The average Bonchev–Trinajstić information content (AvgIpc) is 1.51. The van der Waals surface area contributed by atoms with E-state index >= 15 is 0 Å². The number of cyclic esters (lactones) is 1. The quantitative estimate of drug-likeness (QED) is 0.00723. The predicted molar refractivity (Wildman–Crippen MR) is 589 cm³/mol. The third-order valence-electron chi connectivity index (χ3n) is 21.9. The molecule has 3 aliphatic rings. The summed E-state index contributed by atoms with van der Waals surface area (Å²) in [6.45, 7) is 9.93. The third-order valence-corrected chi connectivity index (χ3v) is 26.7. The van der Waals surface area contributed by atoms with Crippen molar-refractivity contribution in [1.82, 2.24) is 0 Å². The van der Waals surface area contributed by atoms with Crippen molar-refractivity contribution in [3.8, 4) is 0 Å². The minimum absolute atomic E-state index is 0. The van der Waals surface area contributed by atoms with Crippen molar-refractivity contribution in [2.24, 2.45) is 15.4 Å². The molecule has 3 aliphatic heterocycles. The number of rotatable bonds is 30. The molecule has 6 N–H and O–H groups in total. The number of thiol groups is 2. The number of aliphatic hydroxyl groups excluding tert-OH is 4. The van der Waals surface area contributed by atoms with Gasteiger partial charge in [-0.25, -0.2) is 34.0 Å². The number of aliphatic carboxylic acids is 1. The molecule has 0 aliphatic carbocycles. The predicted octanol–water partition coefficient (Wildman–Crippen LogP) is 24.6. The molecule has 0 aromatic heterocycles. The van der Waals surface area contributed by atoms with E-state index in [2.05, 4.69) is 81.6 Å². The Bertz CT molecular complexity index is 6010. The molecule has 3 heterocycles. The van der Waals surface area contributed by atoms with Gasteiger partial charge in [0.1, 0.15) is 98.9 Å². The third kappa shape index (κ3) is 41.7. The van der Waals surface area contributed by atoms with Crippen molar-refractivity contribution in [2.45, 2.75) is 128 Å². The van der Waals surface area contributed by atoms with Gasteiger partial charge in [0.15, 0.2) is 30.1 Å². The average molecular weight is 2200 g/mol. The first-order valence-electron chi connectivity index (χ1n) is 45.7. The maximum atomic E-state index is 12.9. The Morgan fingerprint density at radius 2 is 0.649 bits per heavy atom. The molecule has 14 aromatic rings. The summed E-state index contributed by atoms with van der Waals surface area (Å²) in [5, 5.41) is 49.9. The van der Waals surface area contributed by atoms with Gasteiger partial charge < -0.3 is 73.6 Å². The molecule has 148 heavy (non-hydrogen) atoms. The zero-order valence-electron chi connectivity index (χ0n) is 80.8. The van der Waals surface area contributed by atoms with E-state index in [4.69, 9.17) is 57.7 Å². The van der Waals surface area contributed by atoms with Crippen molar-refractivity contribution in [1.29, 1.82) is 0 Å². The smallest absolute Gasteiger partial charge is 0.870 e. The Kier molecular flexibility index (Phi) is 58.2. The zero-order chi connectivity index (χ0) is 103. The Labute approximate surface area is 925 Å². The molecule has 0 bridgehead atoms. The van der Waals surface area contributed by atoms with Crippen LogP contribution in [0, 0.1) is 5.41 Å². The maximum absolute atomic E-state index is 12.9. The first kappa shape index (κ1) is 126. The van der Waals surface area contributed by atoms with E-state index in [1.165, 1.54) is 40.6 Å². The first-order chi connectivity index (χ1) is 69.9. The summed E-state index contributed by atoms with van der Waals surface area (Å²) in [6, 6.07) is 131. The number of carbonyl (C=O) groups is 5. The number of carbonyl (C=O) groups excluding carboxylic acids is 4. The molecule has 17 rings (SSSR count). The van der Waals surface area contributed by atoms with Gasteiger partial charge in [-0.2, -0.15) is 0 Å². The molecule has 12 atom stereocenters. The summed E-state index contributed by atoms with van der Waals surface area (Å²) >= 11 is 8.38. The number of esters is 4. The Balaban J connectivity index is 0.000000268. The molecule has 0 spiro atoms. The van der Waals surface area contributed by atoms with E-state index in [0.717, 1.165) is 57.6 Å². The summed E-state index contributed by atoms with van der Waals surface area (Å²) in [7, 11) is 13.7. The van der Waals surface area contributed by atoms with Crippen LogP contribution in [0.1, 0.15) is 210 Å². The molecular formula is C117H123Cl2CuN2NaO20S5. The van der Waals surface area contributed by atoms with Crippen LogP contribution in [0.2, 0.25) is 0 Å². The molecule has 1 saturated heterocycles. The molecule has 1 fully saturated rings. The summed E-state index contributed by atoms with van der Waals surface area (Å²) < 4.78 is 51.4. The normalized spacial score (nSPS) is 15.6. The monoisotopic (exact) mass is 2190 g/mol. The van der Waals surface area contributed by atoms with Gasteiger partial charge in [-0.05, 0) is 155 Å². The van der Waals surface area contributed by atoms with Crippen molar-refractivity contribution in [3.63, 3.8) is 0 Å². The van der Waals surface area contributed by atoms with Crippen LogP contribution >= 0.6 is 73.0 Å². The number of hydrogen-bond acceptors (Lipinski definition) is 26. The van der Waals surface area contributed by atoms with Crippen LogP contribution in [0.5, 0.6) is 0 Å². The second-order valence-electron chi connectivity index (χ2n) is 33.6. The van der Waals surface area contributed by atoms with Crippen LogP contribution in [-0.4, -0.2) is 111 Å². The van der Waals surface area contributed by atoms with Crippen LogP contribution < -0.4 is 29.6 Å². The van der Waals surface area contributed by atoms with E-state index < -0.39 is 90.3 Å². The van der Waals surface area contributed by atoms with Crippen molar-refractivity contribution in [2.75, 3.05) is 33.0 Å². The van der Waals surface area contributed by atoms with Crippen molar-refractivity contribution < 1.29 is 140 Å². The molecule has 14 aromatic carbocycles. The molecule has 31 heteroatoms. The van der Waals surface area contributed by atoms with Gasteiger partial charge in [0.05, 0.1) is 11.1 Å². The Morgan fingerprint density at radius 1 is 0.385 bits per heavy atom. The fourth-order valence-corrected chi connectivity index (χ4v) is 18.2. The van der Waals surface area contributed by atoms with E-state index in [1.54, 1.807) is 118 Å². The molecule has 4 unspecified atom stereocenters. The summed E-state index contributed by atoms with van der Waals surface area (Å²) in [4.78, 5) is 69.5. The number of carboxylic acid groups (broad SMARTS) is 1. The summed E-state index contributed by atoms with van der Waals surface area (Å²) in [5.41, 5.74) is 9.98. The topological polar surface area (TPSA) is 324 Å². The van der Waals surface area contributed by atoms with Gasteiger partial charge in [-0.15, -0.1) is 0 Å². The minimum atomic E-state index is -1.06. The van der Waals surface area contributed by atoms with Crippen LogP contribution in [0.3, 0.4) is 0 Å². The molecule has 777 valence electrons. The molecule has 0 amide bonds. The number of hydrogen-bond donors (Lipinski definition) is 7. The molecular weight excluding hydrogens is 2070 g/mol. The summed E-state index contributed by atoms with van der Waals surface area (Å²) in [5.74, 6) is -1.39. The van der Waals surface area contributed by atoms with E-state index in [9.17, 15) is 44.4 Å². The van der Waals surface area contributed by atoms with Gasteiger partial charge in [0, 0.05) is 0 Å². The Morgan fingerprint density at radius 3 is 0.966 bits per heavy atom. The van der Waals surface area contributed by atoms with Crippen LogP contribution in [0.4, 0.5) is 0 Å². The first-order valence-corrected chi connectivity index (χ1v) is 53.9. The fourth-order valence-electron chi connectivity index (χ4n) is 14.9. The number of aliphatic hydroxyl groups is 4. The van der Waals surface area contributed by atoms with Gasteiger partial charge in [0.2, 0.25) is 0 Å². The van der Waals surface area contributed by atoms with Crippen molar-refractivity contribution in [3.05, 3.63) is 503 Å². The molecule has 0 saturated carbocycles. The second-order valence-corrected chi connectivity index (χ2v) is 40.8. The van der Waals surface area contributed by atoms with Crippen LogP contribution in [-0.2, 0) is 70.1 Å². The van der Waals surface area contributed by atoms with Gasteiger partial charge in [-0.1, -0.05) is 439 Å². The number of aliphatic imine (C=N–C) groups is 2. The number of carboxylic acids is 1. The SMILES string of the molecule is C.C.CC(C)(C)OC(=O)CO[C@@H](c1ccccc1)[C@H](OC(=O)c1ccccc1)c1ccccc1.CC(C)(C1=N[C@@H](c2ccccc2)CO1)C1=N[C@@H](c2ccccc2)CO1.O=C(O)CO[C@@H](c1ccccc1)[C@H](O)c1ccccc1.O=C(OC(c1ccccc1)C(O)c1ccccc1)c1ccccc1.O=C1CO[C@@H](c2ccccc2)[C@@H](c2ccccc2)O1.OC(c1ccccc1)C(O)c1ccccc1.SSSSS.[Cl][Cu][Cl].[Na+].[OH-]. The molecule has 22 nitrogen and oxygen atoms in total. The number of benzene rings is 14. The van der Waals surface area contributed by atoms with E-state index in [1.807, 2.05) is 303 Å². The van der Waals surface area contributed by atoms with Gasteiger partial charge in [0.25, 0.3) is 0 Å². The van der Waals surface area contributed by atoms with E-state index in [0.29, 0.717) is 47.3 Å². The number of nitrogens with zero attached hydrogens (tertiary/aromatic N) is 2.